The Labute approximate surface area is 183 Å². The van der Waals surface area contributed by atoms with Crippen LogP contribution in [0.25, 0.3) is 23.1 Å². The second kappa shape index (κ2) is 8.76. The fraction of sp³-hybridized carbons (Fsp3) is 0.0769. The zero-order chi connectivity index (χ0) is 22.7. The van der Waals surface area contributed by atoms with Crippen molar-refractivity contribution in [3.63, 3.8) is 0 Å². The molecule has 0 unspecified atom stereocenters. The minimum absolute atomic E-state index is 0.0509. The Morgan fingerprint density at radius 1 is 0.938 bits per heavy atom. The molecule has 0 radical (unpaired) electrons. The van der Waals surface area contributed by atoms with Gasteiger partial charge in [0.25, 0.3) is 5.56 Å². The van der Waals surface area contributed by atoms with Crippen LogP contribution in [0.2, 0.25) is 0 Å². The smallest absolute Gasteiger partial charge is 0.335 e. The van der Waals surface area contributed by atoms with Crippen molar-refractivity contribution in [1.82, 2.24) is 9.13 Å². The maximum Gasteiger partial charge on any atom is 0.335 e. The number of fused-ring (bicyclic) bond motifs is 1. The Bertz CT molecular complexity index is 1490. The molecule has 0 atom stereocenters. The molecular formula is C26H20N2O4. The first kappa shape index (κ1) is 20.8. The van der Waals surface area contributed by atoms with Crippen molar-refractivity contribution >= 4 is 29.0 Å². The quantitative estimate of drug-likeness (QED) is 0.495. The van der Waals surface area contributed by atoms with E-state index in [9.17, 15) is 14.4 Å². The van der Waals surface area contributed by atoms with Crippen LogP contribution in [0.3, 0.4) is 0 Å². The number of aromatic nitrogens is 2. The SMILES string of the molecule is Cn1c(=O)n(Cc2ccc(C(=O)O)cc2)c(=O)c2cc(C=C=Cc3ccccc3)ccc21. The van der Waals surface area contributed by atoms with Gasteiger partial charge in [-0.15, -0.1) is 5.73 Å². The number of hydrogen-bond donors (Lipinski definition) is 1. The molecule has 6 heteroatoms. The molecule has 0 aliphatic rings. The average Bonchev–Trinajstić information content (AvgIpc) is 2.81. The predicted octanol–water partition coefficient (Wildman–Crippen LogP) is 3.77. The van der Waals surface area contributed by atoms with Crippen LogP contribution in [0.1, 0.15) is 27.0 Å². The highest BCUT2D eigenvalue weighted by atomic mass is 16.4. The van der Waals surface area contributed by atoms with Crippen molar-refractivity contribution in [2.75, 3.05) is 0 Å². The summed E-state index contributed by atoms with van der Waals surface area (Å²) in [5.74, 6) is -1.03. The van der Waals surface area contributed by atoms with E-state index in [4.69, 9.17) is 5.11 Å². The molecule has 4 aromatic rings. The predicted molar refractivity (Wildman–Crippen MR) is 125 cm³/mol. The first-order valence-electron chi connectivity index (χ1n) is 9.97. The highest BCUT2D eigenvalue weighted by molar-refractivity contribution is 5.87. The molecule has 0 spiro atoms. The maximum atomic E-state index is 13.1. The number of aromatic carboxylic acids is 1. The van der Waals surface area contributed by atoms with E-state index >= 15 is 0 Å². The third-order valence-electron chi connectivity index (χ3n) is 5.22. The molecule has 0 bridgehead atoms. The van der Waals surface area contributed by atoms with E-state index in [-0.39, 0.29) is 12.1 Å². The summed E-state index contributed by atoms with van der Waals surface area (Å²) in [5, 5.41) is 9.46. The second-order valence-corrected chi connectivity index (χ2v) is 7.38. The molecular weight excluding hydrogens is 404 g/mol. The van der Waals surface area contributed by atoms with E-state index in [1.807, 2.05) is 42.5 Å². The third-order valence-corrected chi connectivity index (χ3v) is 5.22. The van der Waals surface area contributed by atoms with Crippen molar-refractivity contribution in [3.8, 4) is 0 Å². The van der Waals surface area contributed by atoms with Crippen LogP contribution < -0.4 is 11.2 Å². The summed E-state index contributed by atoms with van der Waals surface area (Å²) >= 11 is 0. The van der Waals surface area contributed by atoms with Crippen LogP contribution in [0, 0.1) is 0 Å². The lowest BCUT2D eigenvalue weighted by atomic mass is 10.1. The van der Waals surface area contributed by atoms with Crippen molar-refractivity contribution in [2.24, 2.45) is 7.05 Å². The van der Waals surface area contributed by atoms with Crippen LogP contribution in [-0.2, 0) is 13.6 Å². The summed E-state index contributed by atoms with van der Waals surface area (Å²) in [6, 6.07) is 21.2. The van der Waals surface area contributed by atoms with Crippen LogP contribution in [-0.4, -0.2) is 20.2 Å². The fourth-order valence-electron chi connectivity index (χ4n) is 3.48. The number of carbonyl (C=O) groups is 1. The molecule has 1 heterocycles. The van der Waals surface area contributed by atoms with Gasteiger partial charge in [-0.3, -0.25) is 13.9 Å². The monoisotopic (exact) mass is 424 g/mol. The Balaban J connectivity index is 1.74. The molecule has 158 valence electrons. The van der Waals surface area contributed by atoms with Gasteiger partial charge in [0.15, 0.2) is 0 Å². The highest BCUT2D eigenvalue weighted by Crippen LogP contribution is 2.13. The van der Waals surface area contributed by atoms with Crippen molar-refractivity contribution < 1.29 is 9.90 Å². The normalized spacial score (nSPS) is 10.5. The summed E-state index contributed by atoms with van der Waals surface area (Å²) in [7, 11) is 1.62. The van der Waals surface area contributed by atoms with Gasteiger partial charge in [0.1, 0.15) is 0 Å². The molecule has 0 saturated carbocycles. The van der Waals surface area contributed by atoms with E-state index in [1.165, 1.54) is 16.7 Å². The fourth-order valence-corrected chi connectivity index (χ4v) is 3.48. The maximum absolute atomic E-state index is 13.1. The average molecular weight is 424 g/mol. The number of rotatable bonds is 5. The van der Waals surface area contributed by atoms with Gasteiger partial charge in [-0.25, -0.2) is 9.59 Å². The van der Waals surface area contributed by atoms with Gasteiger partial charge in [0, 0.05) is 7.05 Å². The van der Waals surface area contributed by atoms with Gasteiger partial charge < -0.3 is 5.11 Å². The zero-order valence-corrected chi connectivity index (χ0v) is 17.4. The summed E-state index contributed by atoms with van der Waals surface area (Å²) < 4.78 is 2.60. The molecule has 1 N–H and O–H groups in total. The first-order chi connectivity index (χ1) is 15.4. The van der Waals surface area contributed by atoms with E-state index in [0.29, 0.717) is 16.5 Å². The van der Waals surface area contributed by atoms with Crippen molar-refractivity contribution in [2.45, 2.75) is 6.54 Å². The summed E-state index contributed by atoms with van der Waals surface area (Å²) in [6.45, 7) is 0.0509. The summed E-state index contributed by atoms with van der Waals surface area (Å²) in [5.41, 5.74) is 5.45. The minimum atomic E-state index is -1.03. The van der Waals surface area contributed by atoms with E-state index < -0.39 is 17.2 Å². The van der Waals surface area contributed by atoms with Crippen molar-refractivity contribution in [1.29, 1.82) is 0 Å². The van der Waals surface area contributed by atoms with E-state index in [1.54, 1.807) is 37.4 Å². The number of carboxylic acids is 1. The van der Waals surface area contributed by atoms with Crippen LogP contribution in [0.5, 0.6) is 0 Å². The summed E-state index contributed by atoms with van der Waals surface area (Å²) in [4.78, 5) is 37.0. The molecule has 1 aromatic heterocycles. The Morgan fingerprint density at radius 3 is 2.31 bits per heavy atom. The molecule has 3 aromatic carbocycles. The largest absolute Gasteiger partial charge is 0.478 e. The highest BCUT2D eigenvalue weighted by Gasteiger charge is 2.12. The molecule has 4 rings (SSSR count). The first-order valence-corrected chi connectivity index (χ1v) is 9.97. The van der Waals surface area contributed by atoms with Gasteiger partial charge in [0.2, 0.25) is 0 Å². The molecule has 0 fully saturated rings. The minimum Gasteiger partial charge on any atom is -0.478 e. The lowest BCUT2D eigenvalue weighted by Gasteiger charge is -2.11. The van der Waals surface area contributed by atoms with Gasteiger partial charge in [-0.2, -0.15) is 0 Å². The van der Waals surface area contributed by atoms with Gasteiger partial charge >= 0.3 is 11.7 Å². The molecule has 6 nitrogen and oxygen atoms in total. The lowest BCUT2D eigenvalue weighted by molar-refractivity contribution is 0.0697. The number of benzene rings is 3. The Hall–Kier alpha value is -4.41. The molecule has 0 saturated heterocycles. The Morgan fingerprint density at radius 2 is 1.62 bits per heavy atom. The van der Waals surface area contributed by atoms with Crippen LogP contribution in [0.4, 0.5) is 0 Å². The van der Waals surface area contributed by atoms with Crippen molar-refractivity contribution in [3.05, 3.63) is 122 Å². The number of hydrogen-bond acceptors (Lipinski definition) is 3. The van der Waals surface area contributed by atoms with Crippen LogP contribution in [0.15, 0.2) is 88.1 Å². The summed E-state index contributed by atoms with van der Waals surface area (Å²) in [6.07, 6.45) is 3.63. The second-order valence-electron chi connectivity index (χ2n) is 7.38. The van der Waals surface area contributed by atoms with Gasteiger partial charge in [0.05, 0.1) is 23.0 Å². The zero-order valence-electron chi connectivity index (χ0n) is 17.4. The number of nitrogens with zero attached hydrogens (tertiary/aromatic N) is 2. The lowest BCUT2D eigenvalue weighted by Crippen LogP contribution is -2.39. The standard InChI is InChI=1S/C26H20N2O4/c1-27-23-15-12-19(9-5-8-18-6-3-2-4-7-18)16-22(23)24(29)28(26(27)32)17-20-10-13-21(14-11-20)25(30)31/h2-4,6-16H,17H2,1H3,(H,30,31). The topological polar surface area (TPSA) is 81.3 Å². The third kappa shape index (κ3) is 4.21. The number of carboxylic acid groups (broad SMARTS) is 1. The van der Waals surface area contributed by atoms with E-state index in [0.717, 1.165) is 15.7 Å². The van der Waals surface area contributed by atoms with Gasteiger partial charge in [-0.1, -0.05) is 48.5 Å². The molecule has 0 aliphatic carbocycles. The molecule has 32 heavy (non-hydrogen) atoms. The van der Waals surface area contributed by atoms with Crippen LogP contribution >= 0.6 is 0 Å². The Kier molecular flexibility index (Phi) is 5.71. The molecule has 0 aliphatic heterocycles. The van der Waals surface area contributed by atoms with Gasteiger partial charge in [-0.05, 0) is 53.1 Å². The van der Waals surface area contributed by atoms with E-state index in [2.05, 4.69) is 5.73 Å². The molecule has 0 amide bonds. The number of aryl methyl sites for hydroxylation is 1.